The molecule has 2 aliphatic rings. The van der Waals surface area contributed by atoms with E-state index in [-0.39, 0.29) is 24.4 Å². The lowest BCUT2D eigenvalue weighted by Gasteiger charge is -2.34. The van der Waals surface area contributed by atoms with Gasteiger partial charge in [-0.2, -0.15) is 0 Å². The monoisotopic (exact) mass is 336 g/mol. The standard InChI is InChI=1S/C20H20N2O3/c1-13(23)22-12-19(25-18-9-5-4-8-17(18)22)20(24)21-16-11-10-14-6-2-3-7-15(14)16/h2-9,16,19H,10-12H2,1H3,(H,21,24). The molecule has 5 nitrogen and oxygen atoms in total. The summed E-state index contributed by atoms with van der Waals surface area (Å²) in [5, 5.41) is 3.09. The number of nitrogens with one attached hydrogen (secondary N) is 1. The summed E-state index contributed by atoms with van der Waals surface area (Å²) in [6.45, 7) is 1.73. The number of nitrogens with zero attached hydrogens (tertiary/aromatic N) is 1. The van der Waals surface area contributed by atoms with Gasteiger partial charge in [-0.05, 0) is 36.1 Å². The summed E-state index contributed by atoms with van der Waals surface area (Å²) in [5.41, 5.74) is 3.17. The summed E-state index contributed by atoms with van der Waals surface area (Å²) in [5.74, 6) is 0.290. The van der Waals surface area contributed by atoms with E-state index in [1.165, 1.54) is 18.1 Å². The predicted molar refractivity (Wildman–Crippen MR) is 94.5 cm³/mol. The van der Waals surface area contributed by atoms with Gasteiger partial charge in [0.1, 0.15) is 5.75 Å². The third-order valence-electron chi connectivity index (χ3n) is 4.90. The number of anilines is 1. The van der Waals surface area contributed by atoms with Crippen molar-refractivity contribution in [2.75, 3.05) is 11.4 Å². The van der Waals surface area contributed by atoms with Crippen molar-refractivity contribution in [3.63, 3.8) is 0 Å². The molecule has 0 saturated heterocycles. The largest absolute Gasteiger partial charge is 0.477 e. The first-order chi connectivity index (χ1) is 12.1. The molecular weight excluding hydrogens is 316 g/mol. The van der Waals surface area contributed by atoms with Gasteiger partial charge in [0.25, 0.3) is 5.91 Å². The fourth-order valence-electron chi connectivity index (χ4n) is 3.64. The van der Waals surface area contributed by atoms with Crippen LogP contribution in [0.2, 0.25) is 0 Å². The average Bonchev–Trinajstić information content (AvgIpc) is 3.03. The molecule has 0 radical (unpaired) electrons. The Morgan fingerprint density at radius 2 is 1.88 bits per heavy atom. The van der Waals surface area contributed by atoms with Crippen molar-refractivity contribution in [2.24, 2.45) is 0 Å². The maximum Gasteiger partial charge on any atom is 0.263 e. The molecule has 0 saturated carbocycles. The Bertz CT molecular complexity index is 833. The Kier molecular flexibility index (Phi) is 3.92. The van der Waals surface area contributed by atoms with Crippen molar-refractivity contribution < 1.29 is 14.3 Å². The zero-order valence-corrected chi connectivity index (χ0v) is 14.1. The lowest BCUT2D eigenvalue weighted by Crippen LogP contribution is -2.50. The van der Waals surface area contributed by atoms with Crippen LogP contribution in [0.1, 0.15) is 30.5 Å². The van der Waals surface area contributed by atoms with E-state index < -0.39 is 6.10 Å². The number of ether oxygens (including phenoxy) is 1. The average molecular weight is 336 g/mol. The van der Waals surface area contributed by atoms with Crippen LogP contribution in [-0.2, 0) is 16.0 Å². The van der Waals surface area contributed by atoms with E-state index >= 15 is 0 Å². The number of carbonyl (C=O) groups is 2. The van der Waals surface area contributed by atoms with Gasteiger partial charge in [-0.15, -0.1) is 0 Å². The zero-order chi connectivity index (χ0) is 17.4. The van der Waals surface area contributed by atoms with E-state index in [2.05, 4.69) is 17.4 Å². The van der Waals surface area contributed by atoms with Crippen molar-refractivity contribution >= 4 is 17.5 Å². The van der Waals surface area contributed by atoms with Crippen LogP contribution in [-0.4, -0.2) is 24.5 Å². The topological polar surface area (TPSA) is 58.6 Å². The Morgan fingerprint density at radius 1 is 1.12 bits per heavy atom. The molecule has 1 aliphatic heterocycles. The smallest absolute Gasteiger partial charge is 0.263 e. The highest BCUT2D eigenvalue weighted by Crippen LogP contribution is 2.34. The number of amides is 2. The van der Waals surface area contributed by atoms with Crippen molar-refractivity contribution in [3.8, 4) is 5.75 Å². The van der Waals surface area contributed by atoms with Gasteiger partial charge in [-0.3, -0.25) is 9.59 Å². The molecule has 0 fully saturated rings. The first kappa shape index (κ1) is 15.7. The van der Waals surface area contributed by atoms with E-state index in [0.29, 0.717) is 11.4 Å². The Labute approximate surface area is 146 Å². The fourth-order valence-corrected chi connectivity index (χ4v) is 3.64. The highest BCUT2D eigenvalue weighted by molar-refractivity contribution is 5.96. The first-order valence-electron chi connectivity index (χ1n) is 8.55. The number of carbonyl (C=O) groups excluding carboxylic acids is 2. The highest BCUT2D eigenvalue weighted by Gasteiger charge is 2.34. The summed E-state index contributed by atoms with van der Waals surface area (Å²) in [4.78, 5) is 26.3. The SMILES string of the molecule is CC(=O)N1CC(C(=O)NC2CCc3ccccc32)Oc2ccccc21. The van der Waals surface area contributed by atoms with Crippen molar-refractivity contribution in [3.05, 3.63) is 59.7 Å². The van der Waals surface area contributed by atoms with Crippen molar-refractivity contribution in [1.29, 1.82) is 0 Å². The Morgan fingerprint density at radius 3 is 2.72 bits per heavy atom. The number of hydrogen-bond acceptors (Lipinski definition) is 3. The molecule has 2 atom stereocenters. The summed E-state index contributed by atoms with van der Waals surface area (Å²) in [6.07, 6.45) is 1.16. The van der Waals surface area contributed by atoms with Crippen LogP contribution in [0.4, 0.5) is 5.69 Å². The molecular formula is C20H20N2O3. The number of rotatable bonds is 2. The van der Waals surface area contributed by atoms with E-state index in [4.69, 9.17) is 4.74 Å². The van der Waals surface area contributed by atoms with E-state index in [0.717, 1.165) is 12.8 Å². The summed E-state index contributed by atoms with van der Waals surface area (Å²) >= 11 is 0. The second-order valence-electron chi connectivity index (χ2n) is 6.50. The van der Waals surface area contributed by atoms with Crippen LogP contribution in [0.25, 0.3) is 0 Å². The predicted octanol–water partition coefficient (Wildman–Crippen LogP) is 2.60. The molecule has 25 heavy (non-hydrogen) atoms. The van der Waals surface area contributed by atoms with Crippen LogP contribution in [0, 0.1) is 0 Å². The van der Waals surface area contributed by atoms with Crippen LogP contribution < -0.4 is 15.0 Å². The van der Waals surface area contributed by atoms with E-state index in [1.807, 2.05) is 30.3 Å². The molecule has 1 aliphatic carbocycles. The van der Waals surface area contributed by atoms with Gasteiger partial charge in [0.15, 0.2) is 6.10 Å². The molecule has 0 spiro atoms. The number of benzene rings is 2. The van der Waals surface area contributed by atoms with Crippen LogP contribution in [0.15, 0.2) is 48.5 Å². The van der Waals surface area contributed by atoms with E-state index in [1.54, 1.807) is 11.0 Å². The molecule has 2 unspecified atom stereocenters. The second-order valence-corrected chi connectivity index (χ2v) is 6.50. The highest BCUT2D eigenvalue weighted by atomic mass is 16.5. The molecule has 2 aromatic carbocycles. The molecule has 5 heteroatoms. The first-order valence-corrected chi connectivity index (χ1v) is 8.55. The Balaban J connectivity index is 1.53. The molecule has 4 rings (SSSR count). The van der Waals surface area contributed by atoms with E-state index in [9.17, 15) is 9.59 Å². The summed E-state index contributed by atoms with van der Waals surface area (Å²) < 4.78 is 5.87. The molecule has 1 heterocycles. The van der Waals surface area contributed by atoms with Gasteiger partial charge in [0, 0.05) is 6.92 Å². The third kappa shape index (κ3) is 2.86. The summed E-state index contributed by atoms with van der Waals surface area (Å²) in [6, 6.07) is 15.5. The molecule has 0 bridgehead atoms. The normalized spacial score (nSPS) is 21.1. The van der Waals surface area contributed by atoms with Crippen molar-refractivity contribution in [1.82, 2.24) is 5.32 Å². The van der Waals surface area contributed by atoms with Gasteiger partial charge in [0.2, 0.25) is 5.91 Å². The van der Waals surface area contributed by atoms with Gasteiger partial charge in [-0.25, -0.2) is 0 Å². The fraction of sp³-hybridized carbons (Fsp3) is 0.300. The minimum absolute atomic E-state index is 0.00949. The third-order valence-corrected chi connectivity index (χ3v) is 4.90. The minimum atomic E-state index is -0.702. The lowest BCUT2D eigenvalue weighted by atomic mass is 10.1. The van der Waals surface area contributed by atoms with Crippen LogP contribution in [0.3, 0.4) is 0 Å². The molecule has 2 aromatic rings. The number of fused-ring (bicyclic) bond motifs is 2. The molecule has 1 N–H and O–H groups in total. The molecule has 2 amide bonds. The van der Waals surface area contributed by atoms with Crippen LogP contribution >= 0.6 is 0 Å². The lowest BCUT2D eigenvalue weighted by molar-refractivity contribution is -0.129. The van der Waals surface area contributed by atoms with Gasteiger partial charge in [-0.1, -0.05) is 36.4 Å². The Hall–Kier alpha value is -2.82. The van der Waals surface area contributed by atoms with Crippen LogP contribution in [0.5, 0.6) is 5.75 Å². The number of hydrogen-bond donors (Lipinski definition) is 1. The van der Waals surface area contributed by atoms with Gasteiger partial charge in [0.05, 0.1) is 18.3 Å². The van der Waals surface area contributed by atoms with Crippen molar-refractivity contribution in [2.45, 2.75) is 31.9 Å². The number of para-hydroxylation sites is 2. The second kappa shape index (κ2) is 6.24. The zero-order valence-electron chi connectivity index (χ0n) is 14.1. The van der Waals surface area contributed by atoms with Gasteiger partial charge < -0.3 is 15.0 Å². The quantitative estimate of drug-likeness (QED) is 0.917. The maximum atomic E-state index is 12.8. The maximum absolute atomic E-state index is 12.8. The molecule has 128 valence electrons. The molecule has 0 aromatic heterocycles. The number of aryl methyl sites for hydroxylation is 1. The minimum Gasteiger partial charge on any atom is -0.477 e. The summed E-state index contributed by atoms with van der Waals surface area (Å²) in [7, 11) is 0. The van der Waals surface area contributed by atoms with Gasteiger partial charge >= 0.3 is 0 Å².